The summed E-state index contributed by atoms with van der Waals surface area (Å²) in [5, 5.41) is 9.30. The molecule has 0 atom stereocenters. The Morgan fingerprint density at radius 3 is 2.68 bits per heavy atom. The van der Waals surface area contributed by atoms with Crippen LogP contribution in [0.2, 0.25) is 0 Å². The van der Waals surface area contributed by atoms with Crippen LogP contribution in [0.3, 0.4) is 0 Å². The van der Waals surface area contributed by atoms with Crippen LogP contribution < -0.4 is 4.74 Å². The first-order chi connectivity index (χ1) is 10.7. The number of aromatic amines is 1. The molecule has 0 amide bonds. The molecule has 2 aromatic carbocycles. The number of nitrogens with one attached hydrogen (secondary N) is 1. The predicted octanol–water partition coefficient (Wildman–Crippen LogP) is 4.10. The van der Waals surface area contributed by atoms with Gasteiger partial charge < -0.3 is 4.74 Å². The first kappa shape index (κ1) is 12.8. The molecule has 22 heavy (non-hydrogen) atoms. The monoisotopic (exact) mass is 289 g/mol. The maximum atomic E-state index is 5.24. The van der Waals surface area contributed by atoms with Crippen LogP contribution in [0.15, 0.2) is 48.7 Å². The average Bonchev–Trinajstić information content (AvgIpc) is 3.02. The standard InChI is InChI=1S/C18H15N3O/c1-11-7-18(22-2)20-17-6-4-13(9-15(11)17)12-3-5-16-14(8-12)10-19-21-16/h3-10H,1-2H3,(H,19,21). The van der Waals surface area contributed by atoms with Gasteiger partial charge in [0.1, 0.15) is 0 Å². The van der Waals surface area contributed by atoms with Crippen molar-refractivity contribution in [3.63, 3.8) is 0 Å². The van der Waals surface area contributed by atoms with E-state index in [4.69, 9.17) is 4.74 Å². The quantitative estimate of drug-likeness (QED) is 0.604. The number of hydrogen-bond donors (Lipinski definition) is 1. The lowest BCUT2D eigenvalue weighted by atomic mass is 10.0. The van der Waals surface area contributed by atoms with Gasteiger partial charge in [-0.1, -0.05) is 12.1 Å². The molecule has 4 heteroatoms. The number of rotatable bonds is 2. The number of H-pyrrole nitrogens is 1. The van der Waals surface area contributed by atoms with Crippen molar-refractivity contribution >= 4 is 21.8 Å². The molecule has 2 aromatic heterocycles. The van der Waals surface area contributed by atoms with Crippen LogP contribution in [0.4, 0.5) is 0 Å². The Labute approximate surface area is 127 Å². The lowest BCUT2D eigenvalue weighted by Gasteiger charge is -2.08. The number of benzene rings is 2. The van der Waals surface area contributed by atoms with Crippen LogP contribution in [0.1, 0.15) is 5.56 Å². The summed E-state index contributed by atoms with van der Waals surface area (Å²) < 4.78 is 5.24. The first-order valence-corrected chi connectivity index (χ1v) is 7.13. The number of methoxy groups -OCH3 is 1. The molecule has 0 radical (unpaired) electrons. The normalized spacial score (nSPS) is 11.2. The second-order valence-corrected chi connectivity index (χ2v) is 5.39. The molecule has 4 nitrogen and oxygen atoms in total. The maximum absolute atomic E-state index is 5.24. The molecular formula is C18H15N3O. The van der Waals surface area contributed by atoms with Crippen molar-refractivity contribution in [2.45, 2.75) is 6.92 Å². The van der Waals surface area contributed by atoms with E-state index in [-0.39, 0.29) is 0 Å². The molecule has 0 fully saturated rings. The average molecular weight is 289 g/mol. The smallest absolute Gasteiger partial charge is 0.213 e. The van der Waals surface area contributed by atoms with Gasteiger partial charge in [-0.05, 0) is 47.9 Å². The molecule has 0 spiro atoms. The Hall–Kier alpha value is -2.88. The van der Waals surface area contributed by atoms with Crippen LogP contribution in [0, 0.1) is 6.92 Å². The van der Waals surface area contributed by atoms with Gasteiger partial charge in [0.25, 0.3) is 0 Å². The van der Waals surface area contributed by atoms with Gasteiger partial charge in [-0.2, -0.15) is 5.10 Å². The largest absolute Gasteiger partial charge is 0.481 e. The van der Waals surface area contributed by atoms with Crippen molar-refractivity contribution in [2.24, 2.45) is 0 Å². The van der Waals surface area contributed by atoms with E-state index in [2.05, 4.69) is 52.4 Å². The topological polar surface area (TPSA) is 50.8 Å². The van der Waals surface area contributed by atoms with E-state index < -0.39 is 0 Å². The first-order valence-electron chi connectivity index (χ1n) is 7.13. The summed E-state index contributed by atoms with van der Waals surface area (Å²) >= 11 is 0. The van der Waals surface area contributed by atoms with Gasteiger partial charge >= 0.3 is 0 Å². The fourth-order valence-electron chi connectivity index (χ4n) is 2.77. The molecule has 0 aliphatic carbocycles. The summed E-state index contributed by atoms with van der Waals surface area (Å²) in [5.74, 6) is 0.651. The zero-order valence-corrected chi connectivity index (χ0v) is 12.4. The summed E-state index contributed by atoms with van der Waals surface area (Å²) in [7, 11) is 1.64. The number of pyridine rings is 1. The molecule has 108 valence electrons. The van der Waals surface area contributed by atoms with Gasteiger partial charge in [-0.25, -0.2) is 4.98 Å². The van der Waals surface area contributed by atoms with E-state index in [1.54, 1.807) is 7.11 Å². The third-order valence-corrected chi connectivity index (χ3v) is 3.97. The van der Waals surface area contributed by atoms with Crippen molar-refractivity contribution < 1.29 is 4.74 Å². The predicted molar refractivity (Wildman–Crippen MR) is 88.1 cm³/mol. The van der Waals surface area contributed by atoms with Crippen molar-refractivity contribution in [1.29, 1.82) is 0 Å². The third-order valence-electron chi connectivity index (χ3n) is 3.97. The molecule has 4 aromatic rings. The molecular weight excluding hydrogens is 274 g/mol. The molecule has 0 unspecified atom stereocenters. The molecule has 0 bridgehead atoms. The van der Waals surface area contributed by atoms with Gasteiger partial charge in [-0.3, -0.25) is 5.10 Å². The second-order valence-electron chi connectivity index (χ2n) is 5.39. The van der Waals surface area contributed by atoms with Crippen LogP contribution in [-0.4, -0.2) is 22.3 Å². The number of nitrogens with zero attached hydrogens (tertiary/aromatic N) is 2. The summed E-state index contributed by atoms with van der Waals surface area (Å²) in [6.07, 6.45) is 1.84. The molecule has 0 saturated carbocycles. The highest BCUT2D eigenvalue weighted by molar-refractivity contribution is 5.90. The highest BCUT2D eigenvalue weighted by Gasteiger charge is 2.06. The number of aryl methyl sites for hydroxylation is 1. The van der Waals surface area contributed by atoms with Crippen LogP contribution in [-0.2, 0) is 0 Å². The Kier molecular flexibility index (Phi) is 2.82. The van der Waals surface area contributed by atoms with E-state index in [9.17, 15) is 0 Å². The summed E-state index contributed by atoms with van der Waals surface area (Å²) in [4.78, 5) is 4.49. The molecule has 0 saturated heterocycles. The molecule has 0 aliphatic rings. The second kappa shape index (κ2) is 4.84. The van der Waals surface area contributed by atoms with Crippen molar-refractivity contribution in [3.05, 3.63) is 54.2 Å². The van der Waals surface area contributed by atoms with E-state index in [0.717, 1.165) is 27.4 Å². The molecule has 0 aliphatic heterocycles. The summed E-state index contributed by atoms with van der Waals surface area (Å²) in [5.41, 5.74) is 5.50. The number of aromatic nitrogens is 3. The minimum Gasteiger partial charge on any atom is -0.481 e. The van der Waals surface area contributed by atoms with Gasteiger partial charge in [0, 0.05) is 16.8 Å². The fraction of sp³-hybridized carbons (Fsp3) is 0.111. The van der Waals surface area contributed by atoms with Crippen LogP contribution in [0.5, 0.6) is 5.88 Å². The Bertz CT molecular complexity index is 988. The highest BCUT2D eigenvalue weighted by atomic mass is 16.5. The van der Waals surface area contributed by atoms with Gasteiger partial charge in [0.05, 0.1) is 24.3 Å². The van der Waals surface area contributed by atoms with E-state index in [0.29, 0.717) is 5.88 Å². The minimum absolute atomic E-state index is 0.651. The SMILES string of the molecule is COc1cc(C)c2cc(-c3ccc4[nH]ncc4c3)ccc2n1. The lowest BCUT2D eigenvalue weighted by Crippen LogP contribution is -1.91. The Morgan fingerprint density at radius 1 is 1.00 bits per heavy atom. The van der Waals surface area contributed by atoms with Crippen molar-refractivity contribution in [3.8, 4) is 17.0 Å². The van der Waals surface area contributed by atoms with Crippen LogP contribution in [0.25, 0.3) is 32.9 Å². The Balaban J connectivity index is 1.89. The lowest BCUT2D eigenvalue weighted by molar-refractivity contribution is 0.399. The molecule has 1 N–H and O–H groups in total. The molecule has 4 rings (SSSR count). The van der Waals surface area contributed by atoms with E-state index in [1.165, 1.54) is 11.1 Å². The number of hydrogen-bond acceptors (Lipinski definition) is 3. The number of fused-ring (bicyclic) bond motifs is 2. The van der Waals surface area contributed by atoms with Crippen molar-refractivity contribution in [1.82, 2.24) is 15.2 Å². The van der Waals surface area contributed by atoms with Gasteiger partial charge in [-0.15, -0.1) is 0 Å². The van der Waals surface area contributed by atoms with Gasteiger partial charge in [0.2, 0.25) is 5.88 Å². The third kappa shape index (κ3) is 2.00. The van der Waals surface area contributed by atoms with E-state index in [1.807, 2.05) is 18.3 Å². The number of ether oxygens (including phenoxy) is 1. The highest BCUT2D eigenvalue weighted by Crippen LogP contribution is 2.29. The van der Waals surface area contributed by atoms with Gasteiger partial charge in [0.15, 0.2) is 0 Å². The summed E-state index contributed by atoms with van der Waals surface area (Å²) in [6.45, 7) is 2.08. The molecule has 2 heterocycles. The van der Waals surface area contributed by atoms with E-state index >= 15 is 0 Å². The van der Waals surface area contributed by atoms with Crippen LogP contribution >= 0.6 is 0 Å². The van der Waals surface area contributed by atoms with Crippen molar-refractivity contribution in [2.75, 3.05) is 7.11 Å². The zero-order chi connectivity index (χ0) is 15.1. The minimum atomic E-state index is 0.651. The zero-order valence-electron chi connectivity index (χ0n) is 12.4. The summed E-state index contributed by atoms with van der Waals surface area (Å²) in [6, 6.07) is 14.6. The fourth-order valence-corrected chi connectivity index (χ4v) is 2.77. The maximum Gasteiger partial charge on any atom is 0.213 e. The Morgan fingerprint density at radius 2 is 1.82 bits per heavy atom.